The monoisotopic (exact) mass is 204 g/mol. The topological polar surface area (TPSA) is 76.3 Å². The quantitative estimate of drug-likeness (QED) is 0.410. The van der Waals surface area contributed by atoms with E-state index in [1.165, 1.54) is 0 Å². The highest BCUT2D eigenvalue weighted by molar-refractivity contribution is 6.44. The lowest BCUT2D eigenvalue weighted by molar-refractivity contribution is -0.715. The average Bonchev–Trinajstić information content (AvgIpc) is 2.69. The second-order valence-electron chi connectivity index (χ2n) is 3.39. The van der Waals surface area contributed by atoms with Crippen molar-refractivity contribution < 1.29 is 9.95 Å². The van der Waals surface area contributed by atoms with Crippen LogP contribution < -0.4 is 5.32 Å². The van der Waals surface area contributed by atoms with Crippen LogP contribution in [0.4, 0.5) is 5.82 Å². The summed E-state index contributed by atoms with van der Waals surface area (Å²) in [5.41, 5.74) is 1.63. The van der Waals surface area contributed by atoms with Gasteiger partial charge < -0.3 is 5.21 Å². The number of aromatic nitrogens is 2. The van der Waals surface area contributed by atoms with E-state index >= 15 is 0 Å². The van der Waals surface area contributed by atoms with E-state index in [0.717, 1.165) is 16.0 Å². The molecule has 0 spiro atoms. The third kappa shape index (κ3) is 1.14. The maximum absolute atomic E-state index is 9.97. The molecule has 2 aliphatic heterocycles. The van der Waals surface area contributed by atoms with Gasteiger partial charge in [-0.1, -0.05) is 4.74 Å². The molecule has 0 amide bonds. The Balaban J connectivity index is 2.22. The van der Waals surface area contributed by atoms with Crippen molar-refractivity contribution in [2.24, 2.45) is 4.99 Å². The van der Waals surface area contributed by atoms with Crippen LogP contribution in [-0.4, -0.2) is 38.2 Å². The maximum atomic E-state index is 9.97. The Morgan fingerprint density at radius 1 is 1.47 bits per heavy atom. The summed E-state index contributed by atoms with van der Waals surface area (Å²) < 4.78 is 1.07. The van der Waals surface area contributed by atoms with Crippen molar-refractivity contribution in [3.63, 3.8) is 0 Å². The molecule has 3 N–H and O–H groups in total. The number of aromatic amines is 1. The van der Waals surface area contributed by atoms with E-state index in [2.05, 4.69) is 20.5 Å². The van der Waals surface area contributed by atoms with Gasteiger partial charge in [-0.15, -0.1) is 5.10 Å². The van der Waals surface area contributed by atoms with Crippen LogP contribution in [0.1, 0.15) is 5.56 Å². The lowest BCUT2D eigenvalue weighted by atomic mass is 10.2. The van der Waals surface area contributed by atoms with Crippen LogP contribution in [0.2, 0.25) is 0 Å². The standard InChI is InChI=1S/C9H9N5O/c15-14-8-6(5-12-13-8)4-11-7-2-1-3-10-9(7)14/h1-2,5,15H,3-4H2,(H,12,13)/p+1. The molecule has 3 heterocycles. The van der Waals surface area contributed by atoms with Gasteiger partial charge in [0.1, 0.15) is 5.71 Å². The first-order valence-electron chi connectivity index (χ1n) is 4.69. The molecule has 6 nitrogen and oxygen atoms in total. The van der Waals surface area contributed by atoms with E-state index in [1.54, 1.807) is 6.20 Å². The van der Waals surface area contributed by atoms with Crippen LogP contribution in [0.15, 0.2) is 23.3 Å². The predicted octanol–water partition coefficient (Wildman–Crippen LogP) is -0.0446. The Kier molecular flexibility index (Phi) is 1.61. The van der Waals surface area contributed by atoms with E-state index in [0.29, 0.717) is 24.7 Å². The lowest BCUT2D eigenvalue weighted by Crippen LogP contribution is -2.39. The molecule has 0 fully saturated rings. The summed E-state index contributed by atoms with van der Waals surface area (Å²) in [6, 6.07) is 0. The third-order valence-corrected chi connectivity index (χ3v) is 2.44. The Morgan fingerprint density at radius 2 is 2.40 bits per heavy atom. The van der Waals surface area contributed by atoms with Crippen molar-refractivity contribution in [3.8, 4) is 0 Å². The number of nitrogens with one attached hydrogen (secondary N) is 2. The summed E-state index contributed by atoms with van der Waals surface area (Å²) in [7, 11) is 0. The molecule has 3 rings (SSSR count). The molecule has 76 valence electrons. The van der Waals surface area contributed by atoms with Gasteiger partial charge in [0, 0.05) is 0 Å². The molecule has 1 aromatic heterocycles. The summed E-state index contributed by atoms with van der Waals surface area (Å²) in [5, 5.41) is 19.7. The molecule has 0 saturated heterocycles. The van der Waals surface area contributed by atoms with Crippen molar-refractivity contribution in [1.82, 2.24) is 15.5 Å². The number of aliphatic imine (C=N–C) groups is 1. The highest BCUT2D eigenvalue weighted by Crippen LogP contribution is 2.18. The van der Waals surface area contributed by atoms with Gasteiger partial charge in [0.05, 0.1) is 24.8 Å². The van der Waals surface area contributed by atoms with Gasteiger partial charge >= 0.3 is 0 Å². The molecule has 0 saturated carbocycles. The normalized spacial score (nSPS) is 18.8. The predicted molar refractivity (Wildman–Crippen MR) is 53.6 cm³/mol. The molecule has 2 aliphatic rings. The number of amidine groups is 1. The summed E-state index contributed by atoms with van der Waals surface area (Å²) in [6.07, 6.45) is 5.53. The van der Waals surface area contributed by atoms with Gasteiger partial charge in [0.2, 0.25) is 0 Å². The highest BCUT2D eigenvalue weighted by atomic mass is 16.5. The van der Waals surface area contributed by atoms with Crippen LogP contribution in [0.25, 0.3) is 0 Å². The van der Waals surface area contributed by atoms with E-state index in [1.807, 2.05) is 12.2 Å². The number of hydrogen-bond acceptors (Lipinski definition) is 4. The molecule has 0 aliphatic carbocycles. The van der Waals surface area contributed by atoms with Gasteiger partial charge in [-0.2, -0.15) is 5.10 Å². The third-order valence-electron chi connectivity index (χ3n) is 2.44. The Hall–Kier alpha value is -2.11. The van der Waals surface area contributed by atoms with Crippen molar-refractivity contribution in [2.45, 2.75) is 6.54 Å². The Morgan fingerprint density at radius 3 is 3.33 bits per heavy atom. The zero-order valence-corrected chi connectivity index (χ0v) is 7.94. The number of rotatable bonds is 0. The van der Waals surface area contributed by atoms with E-state index < -0.39 is 0 Å². The zero-order chi connectivity index (χ0) is 10.3. The first-order valence-corrected chi connectivity index (χ1v) is 4.69. The summed E-state index contributed by atoms with van der Waals surface area (Å²) in [5.74, 6) is 1.17. The molecule has 6 heteroatoms. The van der Waals surface area contributed by atoms with Gasteiger partial charge in [-0.3, -0.25) is 10.3 Å². The molecule has 0 atom stereocenters. The lowest BCUT2D eigenvalue weighted by Gasteiger charge is -2.08. The van der Waals surface area contributed by atoms with Gasteiger partial charge in [0.15, 0.2) is 0 Å². The fraction of sp³-hybridized carbons (Fsp3) is 0.222. The zero-order valence-electron chi connectivity index (χ0n) is 7.94. The fourth-order valence-corrected chi connectivity index (χ4v) is 1.69. The minimum absolute atomic E-state index is 0.522. The summed E-state index contributed by atoms with van der Waals surface area (Å²) in [6.45, 7) is 1.21. The number of hydrogen-bond donors (Lipinski definition) is 3. The number of nitrogens with zero attached hydrogens (tertiary/aromatic N) is 3. The number of fused-ring (bicyclic) bond motifs is 2. The summed E-state index contributed by atoms with van der Waals surface area (Å²) >= 11 is 0. The highest BCUT2D eigenvalue weighted by Gasteiger charge is 2.26. The fourth-order valence-electron chi connectivity index (χ4n) is 1.69. The Bertz CT molecular complexity index is 496. The first kappa shape index (κ1) is 8.22. The second kappa shape index (κ2) is 2.94. The molecule has 0 radical (unpaired) electrons. The SMILES string of the molecule is O[N+]1=C2NCC=CC2=NCc2cn[nH]c21. The van der Waals surface area contributed by atoms with Crippen LogP contribution in [0.5, 0.6) is 0 Å². The first-order chi connectivity index (χ1) is 7.36. The van der Waals surface area contributed by atoms with Gasteiger partial charge in [-0.25, -0.2) is 0 Å². The minimum atomic E-state index is 0.522. The molecular formula is C9H10N5O+. The van der Waals surface area contributed by atoms with Crippen LogP contribution in [-0.2, 0) is 6.54 Å². The maximum Gasteiger partial charge on any atom is 0.290 e. The molecule has 0 bridgehead atoms. The van der Waals surface area contributed by atoms with E-state index in [-0.39, 0.29) is 0 Å². The molecular weight excluding hydrogens is 194 g/mol. The second-order valence-corrected chi connectivity index (χ2v) is 3.39. The van der Waals surface area contributed by atoms with Crippen LogP contribution >= 0.6 is 0 Å². The summed E-state index contributed by atoms with van der Waals surface area (Å²) in [4.78, 5) is 4.38. The van der Waals surface area contributed by atoms with Crippen molar-refractivity contribution in [1.29, 1.82) is 0 Å². The van der Waals surface area contributed by atoms with Gasteiger partial charge in [0.25, 0.3) is 11.7 Å². The van der Waals surface area contributed by atoms with Crippen molar-refractivity contribution >= 4 is 17.4 Å². The molecule has 0 unspecified atom stereocenters. The van der Waals surface area contributed by atoms with E-state index in [4.69, 9.17) is 0 Å². The van der Waals surface area contributed by atoms with Crippen molar-refractivity contribution in [2.75, 3.05) is 6.54 Å². The van der Waals surface area contributed by atoms with E-state index in [9.17, 15) is 5.21 Å². The van der Waals surface area contributed by atoms with Crippen LogP contribution in [0, 0.1) is 0 Å². The smallest absolute Gasteiger partial charge is 0.290 e. The molecule has 1 aromatic rings. The van der Waals surface area contributed by atoms with Crippen LogP contribution in [0.3, 0.4) is 0 Å². The van der Waals surface area contributed by atoms with Gasteiger partial charge in [-0.05, 0) is 12.2 Å². The Labute approximate surface area is 85.6 Å². The average molecular weight is 204 g/mol. The number of H-pyrrole nitrogens is 1. The largest absolute Gasteiger partial charge is 0.371 e. The van der Waals surface area contributed by atoms with Crippen molar-refractivity contribution in [3.05, 3.63) is 23.9 Å². The minimum Gasteiger partial charge on any atom is -0.371 e. The molecule has 15 heavy (non-hydrogen) atoms. The molecule has 0 aromatic carbocycles.